The number of nitrogens with zero attached hydrogens (tertiary/aromatic N) is 1. The van der Waals surface area contributed by atoms with Crippen LogP contribution in [0.25, 0.3) is 0 Å². The molecule has 1 spiro atoms. The van der Waals surface area contributed by atoms with Crippen molar-refractivity contribution >= 4 is 6.09 Å². The van der Waals surface area contributed by atoms with Gasteiger partial charge in [0.1, 0.15) is 11.4 Å². The summed E-state index contributed by atoms with van der Waals surface area (Å²) in [5.41, 5.74) is 0.550. The summed E-state index contributed by atoms with van der Waals surface area (Å²) in [5.74, 6) is -0.263. The van der Waals surface area contributed by atoms with Crippen LogP contribution in [0.5, 0.6) is 0 Å². The maximum Gasteiger partial charge on any atom is 0.410 e. The maximum absolute atomic E-state index is 12.8. The zero-order valence-corrected chi connectivity index (χ0v) is 10.7. The number of carbonyl (C=O) groups excluding carboxylic acids is 1. The van der Waals surface area contributed by atoms with Crippen LogP contribution in [0.3, 0.4) is 0 Å². The molecule has 2 aliphatic heterocycles. The predicted octanol–water partition coefficient (Wildman–Crippen LogP) is 1.90. The second-order valence-corrected chi connectivity index (χ2v) is 5.31. The number of hydrogen-bond acceptors (Lipinski definition) is 3. The summed E-state index contributed by atoms with van der Waals surface area (Å²) in [6.07, 6.45) is 1.66. The lowest BCUT2D eigenvalue weighted by molar-refractivity contribution is 0.0366. The number of rotatable bonds is 2. The molecule has 1 N–H and O–H groups in total. The van der Waals surface area contributed by atoms with E-state index in [2.05, 4.69) is 5.32 Å². The molecule has 3 rings (SSSR count). The second-order valence-electron chi connectivity index (χ2n) is 5.31. The molecule has 102 valence electrons. The van der Waals surface area contributed by atoms with Crippen LogP contribution in [0.4, 0.5) is 9.18 Å². The number of ether oxygens (including phenoxy) is 1. The molecule has 0 aliphatic carbocycles. The number of piperidine rings is 1. The fourth-order valence-corrected chi connectivity index (χ4v) is 2.79. The fourth-order valence-electron chi connectivity index (χ4n) is 2.79. The minimum atomic E-state index is -0.366. The van der Waals surface area contributed by atoms with Crippen molar-refractivity contribution in [2.75, 3.05) is 19.6 Å². The van der Waals surface area contributed by atoms with E-state index in [1.165, 1.54) is 12.1 Å². The highest BCUT2D eigenvalue weighted by Crippen LogP contribution is 2.30. The van der Waals surface area contributed by atoms with Crippen molar-refractivity contribution < 1.29 is 13.9 Å². The van der Waals surface area contributed by atoms with Gasteiger partial charge in [0.25, 0.3) is 0 Å². The highest BCUT2D eigenvalue weighted by Gasteiger charge is 2.45. The zero-order chi connectivity index (χ0) is 13.3. The van der Waals surface area contributed by atoms with E-state index in [4.69, 9.17) is 4.74 Å². The van der Waals surface area contributed by atoms with Crippen molar-refractivity contribution in [3.63, 3.8) is 0 Å². The molecule has 1 aromatic carbocycles. The number of benzene rings is 1. The minimum absolute atomic E-state index is 0.263. The molecular weight excluding hydrogens is 247 g/mol. The molecule has 1 amide bonds. The molecule has 0 radical (unpaired) electrons. The Balaban J connectivity index is 1.68. The topological polar surface area (TPSA) is 41.6 Å². The Bertz CT molecular complexity index is 469. The third-order valence-electron chi connectivity index (χ3n) is 3.76. The van der Waals surface area contributed by atoms with Crippen molar-refractivity contribution in [1.29, 1.82) is 0 Å². The molecule has 0 bridgehead atoms. The highest BCUT2D eigenvalue weighted by molar-refractivity contribution is 5.70. The smallest absolute Gasteiger partial charge is 0.410 e. The van der Waals surface area contributed by atoms with Gasteiger partial charge in [0, 0.05) is 13.1 Å². The molecule has 2 fully saturated rings. The minimum Gasteiger partial charge on any atom is -0.440 e. The largest absolute Gasteiger partial charge is 0.440 e. The summed E-state index contributed by atoms with van der Waals surface area (Å²) in [6.45, 7) is 2.78. The van der Waals surface area contributed by atoms with E-state index < -0.39 is 0 Å². The van der Waals surface area contributed by atoms with Crippen LogP contribution in [0.1, 0.15) is 18.4 Å². The first-order valence-electron chi connectivity index (χ1n) is 6.60. The van der Waals surface area contributed by atoms with Gasteiger partial charge in [-0.15, -0.1) is 0 Å². The Hall–Kier alpha value is -1.62. The van der Waals surface area contributed by atoms with Crippen LogP contribution in [0.15, 0.2) is 24.3 Å². The van der Waals surface area contributed by atoms with Crippen molar-refractivity contribution in [2.45, 2.75) is 25.0 Å². The quantitative estimate of drug-likeness (QED) is 0.887. The van der Waals surface area contributed by atoms with E-state index >= 15 is 0 Å². The van der Waals surface area contributed by atoms with Crippen LogP contribution >= 0.6 is 0 Å². The number of nitrogens with one attached hydrogen (secondary N) is 1. The van der Waals surface area contributed by atoms with Crippen LogP contribution < -0.4 is 5.32 Å². The first-order chi connectivity index (χ1) is 9.17. The van der Waals surface area contributed by atoms with Gasteiger partial charge >= 0.3 is 6.09 Å². The molecule has 2 saturated heterocycles. The zero-order valence-electron chi connectivity index (χ0n) is 10.7. The van der Waals surface area contributed by atoms with Crippen LogP contribution in [-0.4, -0.2) is 36.2 Å². The molecular formula is C14H17FN2O2. The van der Waals surface area contributed by atoms with Crippen LogP contribution in [0, 0.1) is 5.82 Å². The highest BCUT2D eigenvalue weighted by atomic mass is 19.1. The lowest BCUT2D eigenvalue weighted by Crippen LogP contribution is -2.48. The maximum atomic E-state index is 12.8. The Labute approximate surface area is 111 Å². The third-order valence-corrected chi connectivity index (χ3v) is 3.76. The Kier molecular flexibility index (Phi) is 3.14. The van der Waals surface area contributed by atoms with E-state index in [1.807, 2.05) is 0 Å². The van der Waals surface area contributed by atoms with E-state index in [-0.39, 0.29) is 17.5 Å². The van der Waals surface area contributed by atoms with E-state index in [0.29, 0.717) is 13.1 Å². The van der Waals surface area contributed by atoms with Gasteiger partial charge in [-0.05, 0) is 37.1 Å². The van der Waals surface area contributed by atoms with Crippen LogP contribution in [0.2, 0.25) is 0 Å². The molecule has 0 aromatic heterocycles. The molecule has 0 saturated carbocycles. The lowest BCUT2D eigenvalue weighted by Gasteiger charge is -2.31. The first-order valence-corrected chi connectivity index (χ1v) is 6.60. The number of halogens is 1. The summed E-state index contributed by atoms with van der Waals surface area (Å²) >= 11 is 0. The lowest BCUT2D eigenvalue weighted by atomic mass is 9.94. The van der Waals surface area contributed by atoms with Crippen molar-refractivity contribution in [3.8, 4) is 0 Å². The van der Waals surface area contributed by atoms with Gasteiger partial charge in [-0.25, -0.2) is 9.18 Å². The van der Waals surface area contributed by atoms with Gasteiger partial charge in [-0.2, -0.15) is 0 Å². The summed E-state index contributed by atoms with van der Waals surface area (Å²) in [5, 5.41) is 3.28. The molecule has 2 aliphatic rings. The second kappa shape index (κ2) is 4.81. The van der Waals surface area contributed by atoms with Crippen molar-refractivity contribution in [2.24, 2.45) is 0 Å². The van der Waals surface area contributed by atoms with Gasteiger partial charge in [0.05, 0.1) is 6.54 Å². The molecule has 1 atom stereocenters. The monoisotopic (exact) mass is 264 g/mol. The summed E-state index contributed by atoms with van der Waals surface area (Å²) in [6, 6.07) is 6.22. The molecule has 1 aromatic rings. The third kappa shape index (κ3) is 2.56. The van der Waals surface area contributed by atoms with Gasteiger partial charge < -0.3 is 10.1 Å². The summed E-state index contributed by atoms with van der Waals surface area (Å²) < 4.78 is 18.4. The summed E-state index contributed by atoms with van der Waals surface area (Å²) in [4.78, 5) is 13.6. The SMILES string of the molecule is O=C1OC2(CCCNC2)CN1Cc1ccc(F)cc1. The standard InChI is InChI=1S/C14H17FN2O2/c15-12-4-2-11(3-5-12)8-17-10-14(19-13(17)18)6-1-7-16-9-14/h2-5,16H,1,6-10H2. The van der Waals surface area contributed by atoms with Gasteiger partial charge in [-0.3, -0.25) is 4.90 Å². The molecule has 5 heteroatoms. The van der Waals surface area contributed by atoms with E-state index in [1.54, 1.807) is 17.0 Å². The van der Waals surface area contributed by atoms with E-state index in [9.17, 15) is 9.18 Å². The molecule has 19 heavy (non-hydrogen) atoms. The fraction of sp³-hybridized carbons (Fsp3) is 0.500. The number of amides is 1. The average molecular weight is 264 g/mol. The normalized spacial score (nSPS) is 26.8. The Morgan fingerprint density at radius 3 is 2.84 bits per heavy atom. The van der Waals surface area contributed by atoms with Crippen molar-refractivity contribution in [3.05, 3.63) is 35.6 Å². The van der Waals surface area contributed by atoms with Crippen molar-refractivity contribution in [1.82, 2.24) is 10.2 Å². The first kappa shape index (κ1) is 12.4. The van der Waals surface area contributed by atoms with Gasteiger partial charge in [-0.1, -0.05) is 12.1 Å². The summed E-state index contributed by atoms with van der Waals surface area (Å²) in [7, 11) is 0. The van der Waals surface area contributed by atoms with E-state index in [0.717, 1.165) is 31.5 Å². The molecule has 1 unspecified atom stereocenters. The van der Waals surface area contributed by atoms with Gasteiger partial charge in [0.2, 0.25) is 0 Å². The van der Waals surface area contributed by atoms with Crippen LogP contribution in [-0.2, 0) is 11.3 Å². The molecule has 4 nitrogen and oxygen atoms in total. The average Bonchev–Trinajstić information content (AvgIpc) is 2.69. The predicted molar refractivity (Wildman–Crippen MR) is 68.1 cm³/mol. The Morgan fingerprint density at radius 1 is 1.37 bits per heavy atom. The van der Waals surface area contributed by atoms with Gasteiger partial charge in [0.15, 0.2) is 0 Å². The number of carbonyl (C=O) groups is 1. The molecule has 2 heterocycles. The Morgan fingerprint density at radius 2 is 2.16 bits per heavy atom. The number of hydrogen-bond donors (Lipinski definition) is 1.